The molecule has 3 heterocycles. The molecular formula is C31H33N5O2. The summed E-state index contributed by atoms with van der Waals surface area (Å²) in [5.41, 5.74) is 4.18. The van der Waals surface area contributed by atoms with Crippen molar-refractivity contribution in [3.05, 3.63) is 93.2 Å². The first-order valence-corrected chi connectivity index (χ1v) is 13.4. The van der Waals surface area contributed by atoms with E-state index in [0.717, 1.165) is 42.9 Å². The normalized spacial score (nSPS) is 17.1. The minimum absolute atomic E-state index is 0.0179. The van der Waals surface area contributed by atoms with Crippen LogP contribution < -0.4 is 5.56 Å². The summed E-state index contributed by atoms with van der Waals surface area (Å²) in [6.45, 7) is 5.59. The predicted octanol–water partition coefficient (Wildman–Crippen LogP) is 3.64. The van der Waals surface area contributed by atoms with Gasteiger partial charge in [-0.05, 0) is 61.3 Å². The Morgan fingerprint density at radius 2 is 1.63 bits per heavy atom. The molecule has 2 aliphatic heterocycles. The SMILES string of the molecule is N#CC1CN(C[C@@H](Cc2nc[nH]c(=O)c2O)c2ccc(C#Cc3ccc(CN4CCCCC4)cc3)cc2)C1. The molecule has 2 fully saturated rings. The Balaban J connectivity index is 1.26. The van der Waals surface area contributed by atoms with Gasteiger partial charge in [0.2, 0.25) is 5.75 Å². The highest BCUT2D eigenvalue weighted by molar-refractivity contribution is 5.44. The number of nitrogens with one attached hydrogen (secondary N) is 1. The first-order chi connectivity index (χ1) is 18.6. The Morgan fingerprint density at radius 1 is 0.974 bits per heavy atom. The van der Waals surface area contributed by atoms with Crippen molar-refractivity contribution in [3.63, 3.8) is 0 Å². The molecule has 0 unspecified atom stereocenters. The fourth-order valence-corrected chi connectivity index (χ4v) is 5.26. The van der Waals surface area contributed by atoms with Crippen molar-refractivity contribution in [2.75, 3.05) is 32.7 Å². The average molecular weight is 508 g/mol. The number of likely N-dealkylation sites (tertiary alicyclic amines) is 2. The number of piperidine rings is 1. The second kappa shape index (κ2) is 12.1. The Morgan fingerprint density at radius 3 is 2.29 bits per heavy atom. The third kappa shape index (κ3) is 6.50. The monoisotopic (exact) mass is 507 g/mol. The Kier molecular flexibility index (Phi) is 8.19. The topological polar surface area (TPSA) is 96.2 Å². The highest BCUT2D eigenvalue weighted by Gasteiger charge is 2.29. The van der Waals surface area contributed by atoms with Gasteiger partial charge in [0.25, 0.3) is 5.56 Å². The quantitative estimate of drug-likeness (QED) is 0.474. The summed E-state index contributed by atoms with van der Waals surface area (Å²) >= 11 is 0. The van der Waals surface area contributed by atoms with Crippen LogP contribution in [0.3, 0.4) is 0 Å². The highest BCUT2D eigenvalue weighted by atomic mass is 16.3. The van der Waals surface area contributed by atoms with Gasteiger partial charge in [-0.2, -0.15) is 5.26 Å². The molecule has 0 saturated carbocycles. The van der Waals surface area contributed by atoms with Crippen LogP contribution in [0.2, 0.25) is 0 Å². The van der Waals surface area contributed by atoms with Gasteiger partial charge in [0.15, 0.2) is 0 Å². The van der Waals surface area contributed by atoms with E-state index in [1.165, 1.54) is 44.2 Å². The Hall–Kier alpha value is -3.91. The fourth-order valence-electron chi connectivity index (χ4n) is 5.26. The van der Waals surface area contributed by atoms with Crippen LogP contribution in [0.15, 0.2) is 59.7 Å². The van der Waals surface area contributed by atoms with Gasteiger partial charge in [-0.25, -0.2) is 4.98 Å². The van der Waals surface area contributed by atoms with Crippen LogP contribution in [-0.4, -0.2) is 57.6 Å². The van der Waals surface area contributed by atoms with Gasteiger partial charge < -0.3 is 15.0 Å². The Labute approximate surface area is 223 Å². The summed E-state index contributed by atoms with van der Waals surface area (Å²) in [6, 6.07) is 19.0. The van der Waals surface area contributed by atoms with Crippen LogP contribution in [0, 0.1) is 29.1 Å². The lowest BCUT2D eigenvalue weighted by molar-refractivity contribution is 0.125. The lowest BCUT2D eigenvalue weighted by atomic mass is 9.90. The molecule has 7 nitrogen and oxygen atoms in total. The van der Waals surface area contributed by atoms with Crippen LogP contribution in [0.5, 0.6) is 5.75 Å². The van der Waals surface area contributed by atoms with Gasteiger partial charge in [-0.1, -0.05) is 42.5 Å². The van der Waals surface area contributed by atoms with E-state index in [4.69, 9.17) is 5.26 Å². The number of nitrogens with zero attached hydrogens (tertiary/aromatic N) is 4. The molecule has 3 aromatic rings. The number of nitriles is 1. The lowest BCUT2D eigenvalue weighted by Crippen LogP contribution is -2.47. The van der Waals surface area contributed by atoms with Gasteiger partial charge >= 0.3 is 0 Å². The molecule has 0 amide bonds. The summed E-state index contributed by atoms with van der Waals surface area (Å²) < 4.78 is 0. The molecule has 0 spiro atoms. The maximum absolute atomic E-state index is 11.9. The smallest absolute Gasteiger partial charge is 0.293 e. The second-order valence-electron chi connectivity index (χ2n) is 10.4. The third-order valence-corrected chi connectivity index (χ3v) is 7.50. The fraction of sp³-hybridized carbons (Fsp3) is 0.387. The molecule has 0 radical (unpaired) electrons. The summed E-state index contributed by atoms with van der Waals surface area (Å²) in [5.74, 6) is 6.29. The summed E-state index contributed by atoms with van der Waals surface area (Å²) in [4.78, 5) is 23.2. The minimum Gasteiger partial charge on any atom is -0.502 e. The molecular weight excluding hydrogens is 474 g/mol. The van der Waals surface area contributed by atoms with Crippen LogP contribution in [0.25, 0.3) is 0 Å². The summed E-state index contributed by atoms with van der Waals surface area (Å²) in [6.07, 6.45) is 5.70. The van der Waals surface area contributed by atoms with E-state index < -0.39 is 5.56 Å². The van der Waals surface area contributed by atoms with Crippen molar-refractivity contribution >= 4 is 0 Å². The van der Waals surface area contributed by atoms with Gasteiger partial charge in [0.1, 0.15) is 0 Å². The second-order valence-corrected chi connectivity index (χ2v) is 10.4. The number of hydrogen-bond acceptors (Lipinski definition) is 6. The van der Waals surface area contributed by atoms with Crippen molar-refractivity contribution in [2.45, 2.75) is 38.1 Å². The molecule has 0 aliphatic carbocycles. The van der Waals surface area contributed by atoms with Crippen LogP contribution in [0.1, 0.15) is 53.1 Å². The van der Waals surface area contributed by atoms with Crippen molar-refractivity contribution in [3.8, 4) is 23.7 Å². The number of hydrogen-bond donors (Lipinski definition) is 2. The van der Waals surface area contributed by atoms with Gasteiger partial charge in [0, 0.05) is 49.6 Å². The zero-order valence-electron chi connectivity index (χ0n) is 21.6. The van der Waals surface area contributed by atoms with E-state index in [9.17, 15) is 9.90 Å². The van der Waals surface area contributed by atoms with E-state index in [1.807, 2.05) is 12.1 Å². The zero-order chi connectivity index (χ0) is 26.3. The predicted molar refractivity (Wildman–Crippen MR) is 147 cm³/mol. The van der Waals surface area contributed by atoms with E-state index in [2.05, 4.69) is 74.1 Å². The molecule has 1 aromatic heterocycles. The zero-order valence-corrected chi connectivity index (χ0v) is 21.6. The van der Waals surface area contributed by atoms with Crippen molar-refractivity contribution in [2.24, 2.45) is 5.92 Å². The van der Waals surface area contributed by atoms with Gasteiger partial charge in [-0.15, -0.1) is 0 Å². The average Bonchev–Trinajstić information content (AvgIpc) is 2.92. The maximum atomic E-state index is 11.9. The van der Waals surface area contributed by atoms with Crippen molar-refractivity contribution in [1.82, 2.24) is 19.8 Å². The third-order valence-electron chi connectivity index (χ3n) is 7.50. The molecule has 5 rings (SSSR count). The highest BCUT2D eigenvalue weighted by Crippen LogP contribution is 2.27. The number of aromatic nitrogens is 2. The molecule has 2 saturated heterocycles. The van der Waals surface area contributed by atoms with Crippen LogP contribution in [0.4, 0.5) is 0 Å². The molecule has 38 heavy (non-hydrogen) atoms. The van der Waals surface area contributed by atoms with E-state index in [-0.39, 0.29) is 17.6 Å². The summed E-state index contributed by atoms with van der Waals surface area (Å²) in [5, 5.41) is 19.3. The molecule has 2 N–H and O–H groups in total. The van der Waals surface area contributed by atoms with Crippen LogP contribution >= 0.6 is 0 Å². The molecule has 2 aromatic carbocycles. The summed E-state index contributed by atoms with van der Waals surface area (Å²) in [7, 11) is 0. The molecule has 7 heteroatoms. The largest absolute Gasteiger partial charge is 0.502 e. The first-order valence-electron chi connectivity index (χ1n) is 13.4. The molecule has 194 valence electrons. The number of rotatable bonds is 7. The maximum Gasteiger partial charge on any atom is 0.293 e. The van der Waals surface area contributed by atoms with Crippen molar-refractivity contribution in [1.29, 1.82) is 5.26 Å². The number of H-pyrrole nitrogens is 1. The van der Waals surface area contributed by atoms with Crippen LogP contribution in [-0.2, 0) is 13.0 Å². The van der Waals surface area contributed by atoms with Crippen molar-refractivity contribution < 1.29 is 5.11 Å². The van der Waals surface area contributed by atoms with Gasteiger partial charge in [-0.3, -0.25) is 9.69 Å². The molecule has 1 atom stereocenters. The minimum atomic E-state index is -0.535. The first kappa shape index (κ1) is 25.7. The molecule has 2 aliphatic rings. The van der Waals surface area contributed by atoms with E-state index >= 15 is 0 Å². The lowest BCUT2D eigenvalue weighted by Gasteiger charge is -2.37. The van der Waals surface area contributed by atoms with Gasteiger partial charge in [0.05, 0.1) is 24.0 Å². The van der Waals surface area contributed by atoms with E-state index in [0.29, 0.717) is 12.1 Å². The van der Waals surface area contributed by atoms with E-state index in [1.54, 1.807) is 0 Å². The number of benzene rings is 2. The number of aromatic hydroxyl groups is 1. The molecule has 0 bridgehead atoms. The number of aromatic amines is 1. The standard InChI is InChI=1S/C31H33N5O2/c32-17-26-19-36(20-26)21-28(16-29-30(37)31(38)34-22-33-29)27-12-10-24(11-13-27)5-4-23-6-8-25(9-7-23)18-35-14-2-1-3-15-35/h6-13,22,26,28,37H,1-3,14-16,18-21H2,(H,33,34,38)/t28-/m1/s1. The Bertz CT molecular complexity index is 1380.